The number of aliphatic hydroxyl groups is 5. The molecule has 0 bridgehead atoms. The van der Waals surface area contributed by atoms with Crippen LogP contribution in [-0.4, -0.2) is 100 Å². The predicted molar refractivity (Wildman–Crippen MR) is 283 cm³/mol. The van der Waals surface area contributed by atoms with Crippen LogP contribution in [-0.2, 0) is 23.8 Å². The normalized spacial score (nSPS) is 19.9. The lowest BCUT2D eigenvalue weighted by atomic mass is 9.99. The molecular formula is C58H101NO10. The predicted octanol–water partition coefficient (Wildman–Crippen LogP) is 12.1. The van der Waals surface area contributed by atoms with Crippen LogP contribution >= 0.6 is 0 Å². The van der Waals surface area contributed by atoms with Gasteiger partial charge in [-0.2, -0.15) is 0 Å². The Bertz CT molecular complexity index is 1380. The van der Waals surface area contributed by atoms with Crippen molar-refractivity contribution in [3.05, 3.63) is 72.9 Å². The number of hydrogen-bond acceptors (Lipinski definition) is 10. The van der Waals surface area contributed by atoms with Gasteiger partial charge in [0.05, 0.1) is 32.0 Å². The summed E-state index contributed by atoms with van der Waals surface area (Å²) in [5.41, 5.74) is 0. The van der Waals surface area contributed by atoms with Crippen molar-refractivity contribution in [3.63, 3.8) is 0 Å². The zero-order chi connectivity index (χ0) is 50.3. The van der Waals surface area contributed by atoms with Gasteiger partial charge in [-0.05, 0) is 109 Å². The van der Waals surface area contributed by atoms with Crippen LogP contribution in [0.3, 0.4) is 0 Å². The van der Waals surface area contributed by atoms with E-state index >= 15 is 0 Å². The van der Waals surface area contributed by atoms with Gasteiger partial charge >= 0.3 is 5.97 Å². The summed E-state index contributed by atoms with van der Waals surface area (Å²) in [6, 6.07) is -0.853. The summed E-state index contributed by atoms with van der Waals surface area (Å²) >= 11 is 0. The van der Waals surface area contributed by atoms with Gasteiger partial charge in [0.15, 0.2) is 6.29 Å². The molecule has 0 spiro atoms. The molecule has 7 atom stereocenters. The molecular weight excluding hydrogens is 871 g/mol. The van der Waals surface area contributed by atoms with E-state index in [9.17, 15) is 35.1 Å². The van der Waals surface area contributed by atoms with Crippen molar-refractivity contribution in [2.45, 2.75) is 262 Å². The van der Waals surface area contributed by atoms with Crippen LogP contribution in [0.2, 0.25) is 0 Å². The maximum atomic E-state index is 13.0. The third kappa shape index (κ3) is 37.5. The van der Waals surface area contributed by atoms with Crippen LogP contribution in [0.15, 0.2) is 72.9 Å². The average Bonchev–Trinajstić information content (AvgIpc) is 3.34. The maximum Gasteiger partial charge on any atom is 0.305 e. The summed E-state index contributed by atoms with van der Waals surface area (Å²) in [6.45, 7) is 4.17. The van der Waals surface area contributed by atoms with E-state index in [1.54, 1.807) is 6.08 Å². The second kappa shape index (κ2) is 47.4. The number of carbonyl (C=O) groups is 2. The Kier molecular flexibility index (Phi) is 44.1. The Balaban J connectivity index is 2.24. The zero-order valence-electron chi connectivity index (χ0n) is 43.5. The third-order valence-electron chi connectivity index (χ3n) is 12.5. The fourth-order valence-corrected chi connectivity index (χ4v) is 8.02. The quantitative estimate of drug-likeness (QED) is 0.0149. The number of rotatable bonds is 46. The molecule has 0 aliphatic carbocycles. The molecule has 1 fully saturated rings. The second-order valence-corrected chi connectivity index (χ2v) is 18.9. The minimum atomic E-state index is -1.59. The van der Waals surface area contributed by atoms with E-state index < -0.39 is 49.5 Å². The van der Waals surface area contributed by atoms with E-state index in [2.05, 4.69) is 79.9 Å². The Hall–Kier alpha value is -2.90. The molecule has 1 saturated heterocycles. The number of unbranched alkanes of at least 4 members (excludes halogenated alkanes) is 23. The fourth-order valence-electron chi connectivity index (χ4n) is 8.02. The van der Waals surface area contributed by atoms with E-state index in [1.165, 1.54) is 77.0 Å². The van der Waals surface area contributed by atoms with Crippen LogP contribution in [0.25, 0.3) is 0 Å². The zero-order valence-corrected chi connectivity index (χ0v) is 43.5. The van der Waals surface area contributed by atoms with Gasteiger partial charge < -0.3 is 45.1 Å². The van der Waals surface area contributed by atoms with Crippen molar-refractivity contribution in [3.8, 4) is 0 Å². The number of nitrogens with one attached hydrogen (secondary N) is 1. The van der Waals surface area contributed by atoms with Gasteiger partial charge in [-0.3, -0.25) is 9.59 Å². The number of amides is 1. The molecule has 11 heteroatoms. The van der Waals surface area contributed by atoms with Crippen LogP contribution in [0.4, 0.5) is 0 Å². The Morgan fingerprint density at radius 1 is 0.536 bits per heavy atom. The fraction of sp³-hybridized carbons (Fsp3) is 0.759. The number of esters is 1. The largest absolute Gasteiger partial charge is 0.466 e. The standard InChI is InChI=1S/C58H101NO10/c1-3-5-7-9-11-13-15-16-18-21-25-28-32-36-40-44-51(61)50(49-68-58-57(66)56(65)55(64)52(48-60)69-58)59-53(62)45-41-37-33-29-26-22-19-17-20-23-27-31-35-39-43-47-67-54(63)46-42-38-34-30-24-14-12-10-8-6-4-2/h10,12,15-17,20,23,25,27-28,40,44,50-52,55-58,60-61,64-66H,3-9,11,13-14,18-19,21-22,24,26,29-39,41-43,45-49H2,1-2H3,(H,59,62)/b12-10-,16-15+,20-17-,27-23-,28-25+,44-40+. The molecule has 1 aliphatic rings. The Morgan fingerprint density at radius 2 is 1.00 bits per heavy atom. The van der Waals surface area contributed by atoms with Gasteiger partial charge in [0.25, 0.3) is 0 Å². The van der Waals surface area contributed by atoms with Gasteiger partial charge in [0.2, 0.25) is 5.91 Å². The molecule has 1 amide bonds. The van der Waals surface area contributed by atoms with E-state index in [1.807, 2.05) is 6.08 Å². The van der Waals surface area contributed by atoms with E-state index in [4.69, 9.17) is 14.2 Å². The molecule has 398 valence electrons. The SMILES string of the molecule is CCCC/C=C\CCCCCCCC(=O)OCCCCC/C=C\C=C/CCCCCCCCC(=O)NC(COC1OC(CO)C(O)C(O)C1O)C(O)/C=C/CC/C=C/CC/C=C/CCCCCCC. The molecule has 6 N–H and O–H groups in total. The van der Waals surface area contributed by atoms with Gasteiger partial charge in [-0.15, -0.1) is 0 Å². The van der Waals surface area contributed by atoms with Crippen molar-refractivity contribution in [1.29, 1.82) is 0 Å². The topological polar surface area (TPSA) is 175 Å². The summed E-state index contributed by atoms with van der Waals surface area (Å²) in [5, 5.41) is 54.3. The first kappa shape index (κ1) is 64.1. The molecule has 1 heterocycles. The average molecular weight is 972 g/mol. The van der Waals surface area contributed by atoms with Gasteiger partial charge in [-0.25, -0.2) is 0 Å². The Morgan fingerprint density at radius 3 is 1.57 bits per heavy atom. The van der Waals surface area contributed by atoms with Crippen molar-refractivity contribution < 1.29 is 49.3 Å². The Labute approximate surface area is 420 Å². The highest BCUT2D eigenvalue weighted by Gasteiger charge is 2.44. The monoisotopic (exact) mass is 972 g/mol. The molecule has 0 radical (unpaired) electrons. The lowest BCUT2D eigenvalue weighted by molar-refractivity contribution is -0.302. The first-order valence-electron chi connectivity index (χ1n) is 27.7. The van der Waals surface area contributed by atoms with E-state index in [0.29, 0.717) is 32.3 Å². The first-order valence-corrected chi connectivity index (χ1v) is 27.7. The molecule has 0 aromatic carbocycles. The number of hydrogen-bond donors (Lipinski definition) is 6. The van der Waals surface area contributed by atoms with Crippen LogP contribution in [0.1, 0.15) is 219 Å². The van der Waals surface area contributed by atoms with Crippen molar-refractivity contribution in [1.82, 2.24) is 5.32 Å². The number of aliphatic hydroxyl groups excluding tert-OH is 5. The van der Waals surface area contributed by atoms with Crippen molar-refractivity contribution >= 4 is 11.9 Å². The van der Waals surface area contributed by atoms with Crippen LogP contribution in [0.5, 0.6) is 0 Å². The van der Waals surface area contributed by atoms with E-state index in [-0.39, 0.29) is 18.5 Å². The highest BCUT2D eigenvalue weighted by molar-refractivity contribution is 5.76. The molecule has 69 heavy (non-hydrogen) atoms. The molecule has 0 aromatic heterocycles. The molecule has 11 nitrogen and oxygen atoms in total. The molecule has 0 aromatic rings. The molecule has 1 rings (SSSR count). The van der Waals surface area contributed by atoms with Crippen LogP contribution in [0, 0.1) is 0 Å². The maximum absolute atomic E-state index is 13.0. The van der Waals surface area contributed by atoms with Crippen molar-refractivity contribution in [2.24, 2.45) is 0 Å². The molecule has 7 unspecified atom stereocenters. The highest BCUT2D eigenvalue weighted by atomic mass is 16.7. The summed E-state index contributed by atoms with van der Waals surface area (Å²) < 4.78 is 16.6. The number of allylic oxidation sites excluding steroid dienone is 11. The van der Waals surface area contributed by atoms with Gasteiger partial charge in [-0.1, -0.05) is 170 Å². The highest BCUT2D eigenvalue weighted by Crippen LogP contribution is 2.22. The molecule has 1 aliphatic heterocycles. The first-order chi connectivity index (χ1) is 33.7. The summed E-state index contributed by atoms with van der Waals surface area (Å²) in [5.74, 6) is -0.276. The van der Waals surface area contributed by atoms with Crippen molar-refractivity contribution in [2.75, 3.05) is 19.8 Å². The van der Waals surface area contributed by atoms with Crippen LogP contribution < -0.4 is 5.32 Å². The lowest BCUT2D eigenvalue weighted by Gasteiger charge is -2.40. The minimum absolute atomic E-state index is 0.0547. The van der Waals surface area contributed by atoms with Gasteiger partial charge in [0, 0.05) is 12.8 Å². The minimum Gasteiger partial charge on any atom is -0.466 e. The number of carbonyl (C=O) groups excluding carboxylic acids is 2. The number of ether oxygens (including phenoxy) is 3. The third-order valence-corrected chi connectivity index (χ3v) is 12.5. The lowest BCUT2D eigenvalue weighted by Crippen LogP contribution is -2.60. The smallest absolute Gasteiger partial charge is 0.305 e. The second-order valence-electron chi connectivity index (χ2n) is 18.9. The summed E-state index contributed by atoms with van der Waals surface area (Å²) in [4.78, 5) is 25.0. The van der Waals surface area contributed by atoms with E-state index in [0.717, 1.165) is 103 Å². The summed E-state index contributed by atoms with van der Waals surface area (Å²) in [7, 11) is 0. The summed E-state index contributed by atoms with van der Waals surface area (Å²) in [6.07, 6.45) is 51.2. The van der Waals surface area contributed by atoms with Gasteiger partial charge in [0.1, 0.15) is 24.4 Å². The molecule has 0 saturated carbocycles.